The molecule has 0 aliphatic rings. The molecule has 21 heavy (non-hydrogen) atoms. The summed E-state index contributed by atoms with van der Waals surface area (Å²) >= 11 is 1.47. The van der Waals surface area contributed by atoms with Crippen molar-refractivity contribution in [1.82, 2.24) is 15.3 Å². The van der Waals surface area contributed by atoms with Gasteiger partial charge in [-0.3, -0.25) is 9.78 Å². The van der Waals surface area contributed by atoms with Gasteiger partial charge in [0.05, 0.1) is 22.8 Å². The summed E-state index contributed by atoms with van der Waals surface area (Å²) in [5.41, 5.74) is -1.02. The Balaban J connectivity index is 2.16. The number of hydrogen-bond donors (Lipinski definition) is 1. The summed E-state index contributed by atoms with van der Waals surface area (Å²) in [6.45, 7) is 3.75. The summed E-state index contributed by atoms with van der Waals surface area (Å²) in [7, 11) is 0. The topological polar surface area (TPSA) is 54.9 Å². The first kappa shape index (κ1) is 15.4. The van der Waals surface area contributed by atoms with Crippen molar-refractivity contribution >= 4 is 17.2 Å². The number of aryl methyl sites for hydroxylation is 2. The normalized spacial score (nSPS) is 11.5. The number of rotatable bonds is 3. The van der Waals surface area contributed by atoms with E-state index in [2.05, 4.69) is 15.3 Å². The van der Waals surface area contributed by atoms with E-state index in [-0.39, 0.29) is 6.54 Å². The molecule has 0 bridgehead atoms. The van der Waals surface area contributed by atoms with Gasteiger partial charge in [-0.15, -0.1) is 11.3 Å². The maximum Gasteiger partial charge on any atom is 0.434 e. The van der Waals surface area contributed by atoms with Gasteiger partial charge in [-0.1, -0.05) is 0 Å². The van der Waals surface area contributed by atoms with Gasteiger partial charge in [-0.25, -0.2) is 4.98 Å². The fraction of sp³-hybridized carbons (Fsp3) is 0.308. The van der Waals surface area contributed by atoms with Crippen LogP contribution in [0, 0.1) is 13.8 Å². The van der Waals surface area contributed by atoms with Crippen LogP contribution >= 0.6 is 11.3 Å². The molecule has 1 N–H and O–H groups in total. The van der Waals surface area contributed by atoms with Crippen molar-refractivity contribution in [2.24, 2.45) is 0 Å². The summed E-state index contributed by atoms with van der Waals surface area (Å²) in [6, 6.07) is 2.40. The molecule has 0 radical (unpaired) electrons. The maximum atomic E-state index is 12.8. The third-order valence-corrected chi connectivity index (χ3v) is 3.67. The van der Waals surface area contributed by atoms with Crippen LogP contribution in [0.3, 0.4) is 0 Å². The molecule has 0 spiro atoms. The van der Waals surface area contributed by atoms with Gasteiger partial charge < -0.3 is 5.32 Å². The van der Waals surface area contributed by atoms with Crippen molar-refractivity contribution in [2.75, 3.05) is 0 Å². The molecule has 2 rings (SSSR count). The first-order valence-electron chi connectivity index (χ1n) is 6.02. The molecule has 0 atom stereocenters. The van der Waals surface area contributed by atoms with E-state index in [0.29, 0.717) is 5.69 Å². The van der Waals surface area contributed by atoms with Crippen molar-refractivity contribution in [3.8, 4) is 0 Å². The van der Waals surface area contributed by atoms with Crippen LogP contribution in [0.5, 0.6) is 0 Å². The Morgan fingerprint density at radius 1 is 1.38 bits per heavy atom. The van der Waals surface area contributed by atoms with E-state index in [1.165, 1.54) is 17.4 Å². The van der Waals surface area contributed by atoms with E-state index in [0.717, 1.165) is 22.1 Å². The predicted octanol–water partition coefficient (Wildman–Crippen LogP) is 3.10. The Bertz CT molecular complexity index is 667. The molecule has 0 saturated carbocycles. The second-order valence-electron chi connectivity index (χ2n) is 4.32. The number of thiazole rings is 1. The maximum absolute atomic E-state index is 12.8. The summed E-state index contributed by atoms with van der Waals surface area (Å²) in [5, 5.41) is 3.29. The second-order valence-corrected chi connectivity index (χ2v) is 5.72. The first-order chi connectivity index (χ1) is 9.79. The van der Waals surface area contributed by atoms with E-state index >= 15 is 0 Å². The molecule has 0 saturated heterocycles. The third kappa shape index (κ3) is 3.57. The monoisotopic (exact) mass is 315 g/mol. The Kier molecular flexibility index (Phi) is 4.26. The van der Waals surface area contributed by atoms with Gasteiger partial charge in [0.1, 0.15) is 0 Å². The molecule has 4 nitrogen and oxygen atoms in total. The van der Waals surface area contributed by atoms with Gasteiger partial charge in [-0.05, 0) is 26.0 Å². The van der Waals surface area contributed by atoms with Crippen molar-refractivity contribution in [2.45, 2.75) is 26.6 Å². The molecule has 0 unspecified atom stereocenters. The standard InChI is InChI=1S/C13H12F3N3OS/c1-7-10(19-8(2)21-7)6-18-12(20)9-4-3-5-17-11(9)13(14,15)16/h3-5H,6H2,1-2H3,(H,18,20). The lowest BCUT2D eigenvalue weighted by molar-refractivity contribution is -0.141. The van der Waals surface area contributed by atoms with Gasteiger partial charge in [0.15, 0.2) is 5.69 Å². The zero-order valence-electron chi connectivity index (χ0n) is 11.3. The minimum Gasteiger partial charge on any atom is -0.346 e. The van der Waals surface area contributed by atoms with Gasteiger partial charge >= 0.3 is 6.18 Å². The minimum absolute atomic E-state index is 0.0845. The zero-order valence-corrected chi connectivity index (χ0v) is 12.1. The molecule has 8 heteroatoms. The summed E-state index contributed by atoms with van der Waals surface area (Å²) in [6.07, 6.45) is -3.66. The molecule has 2 aromatic heterocycles. The fourth-order valence-electron chi connectivity index (χ4n) is 1.81. The first-order valence-corrected chi connectivity index (χ1v) is 6.84. The zero-order chi connectivity index (χ0) is 15.6. The van der Waals surface area contributed by atoms with Gasteiger partial charge in [0, 0.05) is 11.1 Å². The number of pyridine rings is 1. The number of hydrogen-bond acceptors (Lipinski definition) is 4. The average Bonchev–Trinajstić information content (AvgIpc) is 2.73. The number of alkyl halides is 3. The van der Waals surface area contributed by atoms with Crippen LogP contribution in [-0.2, 0) is 12.7 Å². The highest BCUT2D eigenvalue weighted by Gasteiger charge is 2.36. The summed E-state index contributed by atoms with van der Waals surface area (Å²) < 4.78 is 38.4. The number of amides is 1. The SMILES string of the molecule is Cc1nc(CNC(=O)c2cccnc2C(F)(F)F)c(C)s1. The Morgan fingerprint density at radius 2 is 2.10 bits per heavy atom. The highest BCUT2D eigenvalue weighted by atomic mass is 32.1. The van der Waals surface area contributed by atoms with Gasteiger partial charge in [0.25, 0.3) is 5.91 Å². The highest BCUT2D eigenvalue weighted by molar-refractivity contribution is 7.11. The van der Waals surface area contributed by atoms with Crippen molar-refractivity contribution < 1.29 is 18.0 Å². The van der Waals surface area contributed by atoms with Crippen LogP contribution in [0.2, 0.25) is 0 Å². The van der Waals surface area contributed by atoms with Crippen molar-refractivity contribution in [3.05, 3.63) is 45.2 Å². The Morgan fingerprint density at radius 3 is 2.67 bits per heavy atom. The van der Waals surface area contributed by atoms with Gasteiger partial charge in [0.2, 0.25) is 0 Å². The van der Waals surface area contributed by atoms with E-state index in [1.54, 1.807) is 0 Å². The molecule has 2 heterocycles. The highest BCUT2D eigenvalue weighted by Crippen LogP contribution is 2.30. The van der Waals surface area contributed by atoms with Crippen LogP contribution in [0.1, 0.15) is 31.6 Å². The van der Waals surface area contributed by atoms with Crippen molar-refractivity contribution in [3.63, 3.8) is 0 Å². The number of carbonyl (C=O) groups is 1. The van der Waals surface area contributed by atoms with Crippen LogP contribution in [0.15, 0.2) is 18.3 Å². The molecule has 0 aliphatic heterocycles. The quantitative estimate of drug-likeness (QED) is 0.947. The number of nitrogens with one attached hydrogen (secondary N) is 1. The van der Waals surface area contributed by atoms with Crippen LogP contribution in [0.25, 0.3) is 0 Å². The third-order valence-electron chi connectivity index (χ3n) is 2.74. The van der Waals surface area contributed by atoms with E-state index < -0.39 is 23.3 Å². The van der Waals surface area contributed by atoms with Crippen molar-refractivity contribution in [1.29, 1.82) is 0 Å². The summed E-state index contributed by atoms with van der Waals surface area (Å²) in [5.74, 6) is -0.819. The fourth-order valence-corrected chi connectivity index (χ4v) is 2.64. The lowest BCUT2D eigenvalue weighted by atomic mass is 10.1. The van der Waals surface area contributed by atoms with E-state index in [1.807, 2.05) is 13.8 Å². The molecular weight excluding hydrogens is 303 g/mol. The van der Waals surface area contributed by atoms with E-state index in [4.69, 9.17) is 0 Å². The van der Waals surface area contributed by atoms with Gasteiger partial charge in [-0.2, -0.15) is 13.2 Å². The molecule has 2 aromatic rings. The molecule has 0 aliphatic carbocycles. The molecule has 0 fully saturated rings. The lowest BCUT2D eigenvalue weighted by Crippen LogP contribution is -2.27. The Hall–Kier alpha value is -1.96. The molecular formula is C13H12F3N3OS. The number of nitrogens with zero attached hydrogens (tertiary/aromatic N) is 2. The summed E-state index contributed by atoms with van der Waals surface area (Å²) in [4.78, 5) is 20.3. The molecule has 0 aromatic carbocycles. The van der Waals surface area contributed by atoms with Crippen LogP contribution in [-0.4, -0.2) is 15.9 Å². The minimum atomic E-state index is -4.67. The van der Waals surface area contributed by atoms with E-state index in [9.17, 15) is 18.0 Å². The average molecular weight is 315 g/mol. The second kappa shape index (κ2) is 5.80. The predicted molar refractivity (Wildman–Crippen MR) is 72.0 cm³/mol. The van der Waals surface area contributed by atoms with Crippen LogP contribution < -0.4 is 5.32 Å². The van der Waals surface area contributed by atoms with Crippen LogP contribution in [0.4, 0.5) is 13.2 Å². The largest absolute Gasteiger partial charge is 0.434 e. The Labute approximate surface area is 123 Å². The number of aromatic nitrogens is 2. The smallest absolute Gasteiger partial charge is 0.346 e. The molecule has 112 valence electrons. The molecule has 1 amide bonds. The number of carbonyl (C=O) groups excluding carboxylic acids is 1. The number of halogens is 3. The lowest BCUT2D eigenvalue weighted by Gasteiger charge is -2.11.